The highest BCUT2D eigenvalue weighted by molar-refractivity contribution is 5.70. The molecule has 0 fully saturated rings. The van der Waals surface area contributed by atoms with Crippen molar-refractivity contribution in [2.45, 2.75) is 264 Å². The molecule has 9 nitrogen and oxygen atoms in total. The Kier molecular flexibility index (Phi) is 51.6. The van der Waals surface area contributed by atoms with E-state index in [9.17, 15) is 19.5 Å². The molecule has 0 heterocycles. The van der Waals surface area contributed by atoms with Crippen molar-refractivity contribution in [2.75, 3.05) is 47.5 Å². The molecule has 0 aliphatic carbocycles. The summed E-state index contributed by atoms with van der Waals surface area (Å²) in [6, 6.07) is 0. The van der Waals surface area contributed by atoms with Gasteiger partial charge in [-0.3, -0.25) is 9.59 Å². The van der Waals surface area contributed by atoms with E-state index in [2.05, 4.69) is 86.8 Å². The third-order valence-electron chi connectivity index (χ3n) is 12.7. The third kappa shape index (κ3) is 54.5. The van der Waals surface area contributed by atoms with Gasteiger partial charge in [0.15, 0.2) is 12.4 Å². The smallest absolute Gasteiger partial charge is 0.306 e. The lowest BCUT2D eigenvalue weighted by atomic mass is 10.0. The molecule has 0 aromatic rings. The third-order valence-corrected chi connectivity index (χ3v) is 12.7. The van der Waals surface area contributed by atoms with Crippen LogP contribution in [0, 0.1) is 0 Å². The van der Waals surface area contributed by atoms with Gasteiger partial charge >= 0.3 is 11.9 Å². The summed E-state index contributed by atoms with van der Waals surface area (Å²) < 4.78 is 22.7. The number of carbonyl (C=O) groups is 3. The predicted molar refractivity (Wildman–Crippen MR) is 301 cm³/mol. The number of hydrogen-bond donors (Lipinski definition) is 0. The Morgan fingerprint density at radius 1 is 0.431 bits per heavy atom. The molecule has 72 heavy (non-hydrogen) atoms. The van der Waals surface area contributed by atoms with Gasteiger partial charge in [0.25, 0.3) is 0 Å². The zero-order chi connectivity index (χ0) is 52.7. The fourth-order valence-electron chi connectivity index (χ4n) is 8.19. The average Bonchev–Trinajstić information content (AvgIpc) is 3.35. The number of carboxylic acids is 1. The molecule has 0 N–H and O–H groups in total. The van der Waals surface area contributed by atoms with Crippen LogP contribution in [0.2, 0.25) is 0 Å². The Bertz CT molecular complexity index is 1410. The van der Waals surface area contributed by atoms with Crippen LogP contribution >= 0.6 is 0 Å². The van der Waals surface area contributed by atoms with Crippen molar-refractivity contribution in [3.05, 3.63) is 72.9 Å². The zero-order valence-corrected chi connectivity index (χ0v) is 47.3. The minimum absolute atomic E-state index is 0.137. The molecule has 2 atom stereocenters. The van der Waals surface area contributed by atoms with Gasteiger partial charge in [0.1, 0.15) is 13.2 Å². The molecule has 0 aliphatic heterocycles. The molecule has 2 unspecified atom stereocenters. The molecule has 0 radical (unpaired) electrons. The van der Waals surface area contributed by atoms with Gasteiger partial charge in [-0.15, -0.1) is 0 Å². The van der Waals surface area contributed by atoms with Crippen LogP contribution < -0.4 is 5.11 Å². The van der Waals surface area contributed by atoms with Crippen molar-refractivity contribution in [3.63, 3.8) is 0 Å². The monoisotopic (exact) mass is 1010 g/mol. The molecular weight excluding hydrogens is 899 g/mol. The van der Waals surface area contributed by atoms with E-state index in [0.29, 0.717) is 17.4 Å². The maximum absolute atomic E-state index is 12.8. The molecule has 0 rings (SSSR count). The Labute approximate surface area is 443 Å². The number of ether oxygens (including phenoxy) is 4. The fraction of sp³-hybridized carbons (Fsp3) is 0.762. The molecule has 0 amide bonds. The number of rotatable bonds is 54. The Hall–Kier alpha value is -3.27. The van der Waals surface area contributed by atoms with Crippen molar-refractivity contribution in [1.29, 1.82) is 0 Å². The van der Waals surface area contributed by atoms with E-state index in [1.165, 1.54) is 148 Å². The van der Waals surface area contributed by atoms with Crippen LogP contribution in [0.1, 0.15) is 251 Å². The Morgan fingerprint density at radius 2 is 0.792 bits per heavy atom. The first kappa shape index (κ1) is 68.7. The van der Waals surface area contributed by atoms with Gasteiger partial charge in [-0.2, -0.15) is 0 Å². The maximum Gasteiger partial charge on any atom is 0.306 e. The maximum atomic E-state index is 12.8. The second-order valence-corrected chi connectivity index (χ2v) is 20.9. The lowest BCUT2D eigenvalue weighted by molar-refractivity contribution is -0.870. The Morgan fingerprint density at radius 3 is 1.18 bits per heavy atom. The second kappa shape index (κ2) is 54.0. The molecule has 0 aliphatic rings. The first-order valence-corrected chi connectivity index (χ1v) is 29.6. The van der Waals surface area contributed by atoms with Gasteiger partial charge in [-0.05, 0) is 64.2 Å². The van der Waals surface area contributed by atoms with Crippen LogP contribution in [0.4, 0.5) is 0 Å². The highest BCUT2D eigenvalue weighted by atomic mass is 16.7. The quantitative estimate of drug-likeness (QED) is 0.0195. The van der Waals surface area contributed by atoms with E-state index >= 15 is 0 Å². The van der Waals surface area contributed by atoms with Crippen LogP contribution in [-0.2, 0) is 33.3 Å². The van der Waals surface area contributed by atoms with E-state index in [-0.39, 0.29) is 38.6 Å². The van der Waals surface area contributed by atoms with E-state index in [1.54, 1.807) is 0 Å². The summed E-state index contributed by atoms with van der Waals surface area (Å²) in [5.41, 5.74) is 0. The van der Waals surface area contributed by atoms with Crippen molar-refractivity contribution in [1.82, 2.24) is 0 Å². The number of aliphatic carboxylic acids is 1. The summed E-state index contributed by atoms with van der Waals surface area (Å²) in [7, 11) is 5.91. The van der Waals surface area contributed by atoms with Gasteiger partial charge in [0.2, 0.25) is 0 Å². The van der Waals surface area contributed by atoms with Crippen LogP contribution in [-0.4, -0.2) is 82.3 Å². The molecule has 9 heteroatoms. The van der Waals surface area contributed by atoms with E-state index in [0.717, 1.165) is 70.6 Å². The van der Waals surface area contributed by atoms with E-state index in [4.69, 9.17) is 18.9 Å². The van der Waals surface area contributed by atoms with Gasteiger partial charge in [-0.1, -0.05) is 247 Å². The summed E-state index contributed by atoms with van der Waals surface area (Å²) in [5, 5.41) is 11.8. The number of likely N-dealkylation sites (N-methyl/N-ethyl adjacent to an activating group) is 1. The van der Waals surface area contributed by atoms with Crippen molar-refractivity contribution >= 4 is 17.9 Å². The lowest BCUT2D eigenvalue weighted by Gasteiger charge is -2.26. The first-order valence-electron chi connectivity index (χ1n) is 29.6. The number of hydrogen-bond acceptors (Lipinski definition) is 8. The topological polar surface area (TPSA) is 111 Å². The number of quaternary nitrogens is 1. The van der Waals surface area contributed by atoms with Crippen LogP contribution in [0.25, 0.3) is 0 Å². The normalized spacial score (nSPS) is 13.3. The van der Waals surface area contributed by atoms with E-state index in [1.807, 2.05) is 21.1 Å². The van der Waals surface area contributed by atoms with Crippen molar-refractivity contribution in [3.8, 4) is 0 Å². The molecule has 0 bridgehead atoms. The van der Waals surface area contributed by atoms with Gasteiger partial charge in [-0.25, -0.2) is 0 Å². The van der Waals surface area contributed by atoms with Gasteiger partial charge in [0, 0.05) is 12.8 Å². The van der Waals surface area contributed by atoms with Gasteiger partial charge < -0.3 is 33.3 Å². The number of esters is 2. The Balaban J connectivity index is 4.27. The number of carbonyl (C=O) groups excluding carboxylic acids is 3. The summed E-state index contributed by atoms with van der Waals surface area (Å²) >= 11 is 0. The fourth-order valence-corrected chi connectivity index (χ4v) is 8.19. The molecule has 0 aromatic heterocycles. The lowest BCUT2D eigenvalue weighted by Crippen LogP contribution is -2.44. The van der Waals surface area contributed by atoms with E-state index < -0.39 is 24.3 Å². The summed E-state index contributed by atoms with van der Waals surface area (Å²) in [4.78, 5) is 37.3. The van der Waals surface area contributed by atoms with Crippen molar-refractivity contribution in [2.24, 2.45) is 0 Å². The highest BCUT2D eigenvalue weighted by Gasteiger charge is 2.22. The van der Waals surface area contributed by atoms with Crippen LogP contribution in [0.15, 0.2) is 72.9 Å². The number of carboxylic acid groups (broad SMARTS) is 1. The van der Waals surface area contributed by atoms with Crippen molar-refractivity contribution < 1.29 is 42.9 Å². The number of nitrogens with zero attached hydrogens (tertiary/aromatic N) is 1. The SMILES string of the molecule is CC/C=C\C/C=C\C/C=C\C/C=C\C/C=C\C/C=C\CCCCC(=O)OC(COC(=O)CCCCCCCCCCCCCCCCCCCCCCCCCCCC)COC(OCC[N+](C)(C)C)C(=O)[O-]. The second-order valence-electron chi connectivity index (χ2n) is 20.9. The molecule has 416 valence electrons. The standard InChI is InChI=1S/C63H111NO8/c1-6-8-10-12-14-16-18-20-22-24-26-28-29-30-31-32-34-35-37-39-41-43-45-47-49-51-53-60(65)70-57-59(58-71-63(62(67)68)69-56-55-64(3,4)5)72-61(66)54-52-50-48-46-44-42-40-38-36-33-27-25-23-21-19-17-15-13-11-9-7-2/h9,11,15,17,21,23,27,33,38,40,44,46,59,63H,6-8,10,12-14,16,18-20,22,24-26,28-32,34-37,39,41-43,45,47-58H2,1-5H3/b11-9-,17-15-,23-21-,33-27-,40-38-,46-44-. The van der Waals surface area contributed by atoms with Gasteiger partial charge in [0.05, 0.1) is 40.3 Å². The predicted octanol–water partition coefficient (Wildman–Crippen LogP) is 16.1. The zero-order valence-electron chi connectivity index (χ0n) is 47.3. The molecule has 0 saturated heterocycles. The molecule has 0 spiro atoms. The molecule has 0 aromatic carbocycles. The van der Waals surface area contributed by atoms with Crippen LogP contribution in [0.3, 0.4) is 0 Å². The number of unbranched alkanes of at least 4 members (excludes halogenated alkanes) is 27. The molecular formula is C63H111NO8. The highest BCUT2D eigenvalue weighted by Crippen LogP contribution is 2.17. The largest absolute Gasteiger partial charge is 0.545 e. The molecule has 0 saturated carbocycles. The average molecular weight is 1010 g/mol. The summed E-state index contributed by atoms with van der Waals surface area (Å²) in [5.74, 6) is -2.34. The minimum Gasteiger partial charge on any atom is -0.545 e. The van der Waals surface area contributed by atoms with Crippen LogP contribution in [0.5, 0.6) is 0 Å². The summed E-state index contributed by atoms with van der Waals surface area (Å²) in [6.07, 6.45) is 66.8. The minimum atomic E-state index is -1.64. The number of allylic oxidation sites excluding steroid dienone is 12. The first-order chi connectivity index (χ1) is 35.1. The summed E-state index contributed by atoms with van der Waals surface area (Å²) in [6.45, 7) is 4.60.